The van der Waals surface area contributed by atoms with Gasteiger partial charge in [0.2, 0.25) is 5.91 Å². The molecule has 0 rings (SSSR count). The second kappa shape index (κ2) is 70.8. The standard InChI is InChI=1S/C75H145NO5/c1-3-5-7-9-11-13-15-17-18-19-35-39-42-45-49-53-57-61-65-69-75(80)81-70-66-62-58-54-50-46-43-40-37-34-32-30-28-26-24-22-20-21-23-25-27-29-31-33-36-38-41-44-48-52-56-60-64-68-74(79)76-72(71-77)73(78)67-63-59-55-51-47-16-14-12-10-8-6-4-2/h24,26,63,67,72-73,77-78H,3-23,25,27-62,64-66,68-71H2,1-2H3,(H,76,79)/b26-24-,67-63+. The van der Waals surface area contributed by atoms with E-state index in [0.717, 1.165) is 38.5 Å². The molecular weight excluding hydrogens is 995 g/mol. The van der Waals surface area contributed by atoms with Crippen molar-refractivity contribution in [3.05, 3.63) is 24.3 Å². The molecular formula is C75H145NO5. The molecule has 2 unspecified atom stereocenters. The lowest BCUT2D eigenvalue weighted by Crippen LogP contribution is -2.45. The van der Waals surface area contributed by atoms with E-state index in [2.05, 4.69) is 31.3 Å². The highest BCUT2D eigenvalue weighted by molar-refractivity contribution is 5.76. The van der Waals surface area contributed by atoms with Crippen molar-refractivity contribution in [2.45, 2.75) is 431 Å². The fraction of sp³-hybridized carbons (Fsp3) is 0.920. The van der Waals surface area contributed by atoms with Gasteiger partial charge in [-0.1, -0.05) is 372 Å². The first-order chi connectivity index (χ1) is 40.0. The number of esters is 1. The molecule has 2 atom stereocenters. The minimum absolute atomic E-state index is 0.0240. The number of carbonyl (C=O) groups excluding carboxylic acids is 2. The monoisotopic (exact) mass is 1140 g/mol. The van der Waals surface area contributed by atoms with Gasteiger partial charge in [0, 0.05) is 12.8 Å². The summed E-state index contributed by atoms with van der Waals surface area (Å²) in [5.74, 6) is -0.0396. The summed E-state index contributed by atoms with van der Waals surface area (Å²) in [6.45, 7) is 4.94. The third-order valence-electron chi connectivity index (χ3n) is 17.5. The van der Waals surface area contributed by atoms with E-state index in [1.165, 1.54) is 353 Å². The summed E-state index contributed by atoms with van der Waals surface area (Å²) in [6, 6.07) is -0.624. The molecule has 6 heteroatoms. The molecule has 0 saturated carbocycles. The number of nitrogens with one attached hydrogen (secondary N) is 1. The summed E-state index contributed by atoms with van der Waals surface area (Å²) in [4.78, 5) is 24.6. The summed E-state index contributed by atoms with van der Waals surface area (Å²) >= 11 is 0. The van der Waals surface area contributed by atoms with Crippen molar-refractivity contribution >= 4 is 11.9 Å². The molecule has 0 fully saturated rings. The number of carbonyl (C=O) groups is 2. The van der Waals surface area contributed by atoms with Gasteiger partial charge >= 0.3 is 5.97 Å². The van der Waals surface area contributed by atoms with E-state index in [-0.39, 0.29) is 18.5 Å². The van der Waals surface area contributed by atoms with Gasteiger partial charge in [-0.25, -0.2) is 0 Å². The second-order valence-electron chi connectivity index (χ2n) is 25.6. The molecule has 0 aliphatic rings. The Bertz CT molecular complexity index is 1270. The Kier molecular flexibility index (Phi) is 69.4. The fourth-order valence-electron chi connectivity index (χ4n) is 11.8. The molecule has 0 radical (unpaired) electrons. The Balaban J connectivity index is 3.32. The number of hydrogen-bond donors (Lipinski definition) is 3. The first-order valence-electron chi connectivity index (χ1n) is 37.1. The Morgan fingerprint density at radius 3 is 0.877 bits per heavy atom. The van der Waals surface area contributed by atoms with Crippen LogP contribution in [0, 0.1) is 0 Å². The van der Waals surface area contributed by atoms with E-state index in [1.807, 2.05) is 6.08 Å². The first kappa shape index (κ1) is 79.3. The minimum Gasteiger partial charge on any atom is -0.466 e. The summed E-state index contributed by atoms with van der Waals surface area (Å²) < 4.78 is 5.52. The van der Waals surface area contributed by atoms with Gasteiger partial charge in [0.05, 0.1) is 25.4 Å². The molecule has 480 valence electrons. The number of hydrogen-bond acceptors (Lipinski definition) is 5. The van der Waals surface area contributed by atoms with Crippen molar-refractivity contribution in [3.63, 3.8) is 0 Å². The molecule has 3 N–H and O–H groups in total. The van der Waals surface area contributed by atoms with Crippen molar-refractivity contribution in [2.75, 3.05) is 13.2 Å². The smallest absolute Gasteiger partial charge is 0.305 e. The third-order valence-corrected chi connectivity index (χ3v) is 17.5. The predicted octanol–water partition coefficient (Wildman–Crippen LogP) is 24.1. The van der Waals surface area contributed by atoms with Crippen LogP contribution in [0.15, 0.2) is 24.3 Å². The van der Waals surface area contributed by atoms with Gasteiger partial charge in [0.25, 0.3) is 0 Å². The maximum absolute atomic E-state index is 12.5. The highest BCUT2D eigenvalue weighted by atomic mass is 16.5. The number of rotatable bonds is 70. The van der Waals surface area contributed by atoms with Gasteiger partial charge in [-0.2, -0.15) is 0 Å². The zero-order valence-corrected chi connectivity index (χ0v) is 55.0. The van der Waals surface area contributed by atoms with Crippen molar-refractivity contribution in [2.24, 2.45) is 0 Å². The number of aliphatic hydroxyl groups excluding tert-OH is 2. The van der Waals surface area contributed by atoms with Crippen molar-refractivity contribution in [1.29, 1.82) is 0 Å². The molecule has 0 spiro atoms. The van der Waals surface area contributed by atoms with Crippen LogP contribution in [0.4, 0.5) is 0 Å². The number of amides is 1. The highest BCUT2D eigenvalue weighted by Crippen LogP contribution is 2.19. The Morgan fingerprint density at radius 2 is 0.580 bits per heavy atom. The maximum atomic E-state index is 12.5. The van der Waals surface area contributed by atoms with Gasteiger partial charge in [0.15, 0.2) is 0 Å². The van der Waals surface area contributed by atoms with E-state index < -0.39 is 12.1 Å². The summed E-state index contributed by atoms with van der Waals surface area (Å²) in [5, 5.41) is 23.1. The van der Waals surface area contributed by atoms with E-state index in [1.54, 1.807) is 6.08 Å². The fourth-order valence-corrected chi connectivity index (χ4v) is 11.8. The Labute approximate surface area is 507 Å². The molecule has 1 amide bonds. The van der Waals surface area contributed by atoms with Crippen molar-refractivity contribution < 1.29 is 24.5 Å². The molecule has 0 bridgehead atoms. The highest BCUT2D eigenvalue weighted by Gasteiger charge is 2.18. The lowest BCUT2D eigenvalue weighted by atomic mass is 10.0. The van der Waals surface area contributed by atoms with Gasteiger partial charge in [0.1, 0.15) is 0 Å². The van der Waals surface area contributed by atoms with Crippen molar-refractivity contribution in [3.8, 4) is 0 Å². The molecule has 0 saturated heterocycles. The number of allylic oxidation sites excluding steroid dienone is 3. The molecule has 0 aromatic heterocycles. The van der Waals surface area contributed by atoms with Crippen LogP contribution >= 0.6 is 0 Å². The van der Waals surface area contributed by atoms with Gasteiger partial charge in [-0.15, -0.1) is 0 Å². The average Bonchev–Trinajstić information content (AvgIpc) is 3.47. The minimum atomic E-state index is -0.841. The lowest BCUT2D eigenvalue weighted by Gasteiger charge is -2.20. The van der Waals surface area contributed by atoms with Crippen LogP contribution < -0.4 is 5.32 Å². The lowest BCUT2D eigenvalue weighted by molar-refractivity contribution is -0.143. The molecule has 0 heterocycles. The number of aliphatic hydroxyl groups is 2. The van der Waals surface area contributed by atoms with E-state index in [4.69, 9.17) is 4.74 Å². The SMILES string of the molecule is CCCCCCCCCCCC/C=C/C(O)C(CO)NC(=O)CCCCCCCCCCCCCCCCCCC/C=C\CCCCCCCCCCCCCCOC(=O)CCCCCCCCCCCCCCCCCCCCC. The molecule has 0 aliphatic heterocycles. The molecule has 0 aromatic rings. The molecule has 0 aliphatic carbocycles. The van der Waals surface area contributed by atoms with E-state index in [9.17, 15) is 19.8 Å². The van der Waals surface area contributed by atoms with E-state index in [0.29, 0.717) is 19.4 Å². The predicted molar refractivity (Wildman–Crippen MR) is 356 cm³/mol. The molecule has 81 heavy (non-hydrogen) atoms. The number of ether oxygens (including phenoxy) is 1. The van der Waals surface area contributed by atoms with E-state index >= 15 is 0 Å². The van der Waals surface area contributed by atoms with Crippen molar-refractivity contribution in [1.82, 2.24) is 5.32 Å². The summed E-state index contributed by atoms with van der Waals surface area (Å²) in [7, 11) is 0. The molecule has 6 nitrogen and oxygen atoms in total. The topological polar surface area (TPSA) is 95.9 Å². The van der Waals surface area contributed by atoms with Gasteiger partial charge in [-0.3, -0.25) is 9.59 Å². The zero-order chi connectivity index (χ0) is 58.5. The summed E-state index contributed by atoms with van der Waals surface area (Å²) in [5.41, 5.74) is 0. The summed E-state index contributed by atoms with van der Waals surface area (Å²) in [6.07, 6.45) is 90.0. The Hall–Kier alpha value is -1.66. The normalized spacial score (nSPS) is 12.6. The largest absolute Gasteiger partial charge is 0.466 e. The van der Waals surface area contributed by atoms with Crippen LogP contribution in [0.3, 0.4) is 0 Å². The van der Waals surface area contributed by atoms with Gasteiger partial charge < -0.3 is 20.3 Å². The first-order valence-corrected chi connectivity index (χ1v) is 37.1. The molecule has 0 aromatic carbocycles. The third kappa shape index (κ3) is 67.3. The van der Waals surface area contributed by atoms with Crippen LogP contribution in [-0.2, 0) is 14.3 Å². The quantitative estimate of drug-likeness (QED) is 0.0320. The van der Waals surface area contributed by atoms with Crippen LogP contribution in [0.5, 0.6) is 0 Å². The number of unbranched alkanes of at least 4 members (excludes halogenated alkanes) is 57. The second-order valence-corrected chi connectivity index (χ2v) is 25.6. The van der Waals surface area contributed by atoms with Crippen LogP contribution in [0.2, 0.25) is 0 Å². The van der Waals surface area contributed by atoms with Gasteiger partial charge in [-0.05, 0) is 57.8 Å². The maximum Gasteiger partial charge on any atom is 0.305 e. The average molecular weight is 1140 g/mol. The van der Waals surface area contributed by atoms with Crippen LogP contribution in [0.25, 0.3) is 0 Å². The Morgan fingerprint density at radius 1 is 0.333 bits per heavy atom. The zero-order valence-electron chi connectivity index (χ0n) is 55.0. The van der Waals surface area contributed by atoms with Crippen LogP contribution in [-0.4, -0.2) is 47.4 Å². The van der Waals surface area contributed by atoms with Crippen LogP contribution in [0.1, 0.15) is 418 Å².